The summed E-state index contributed by atoms with van der Waals surface area (Å²) in [6, 6.07) is 7.41. The fourth-order valence-corrected chi connectivity index (χ4v) is 4.23. The van der Waals surface area contributed by atoms with E-state index in [0.717, 1.165) is 0 Å². The SMILES string of the molecule is COc1cc(OC)c(NC(=O)CCS(=O)(=O)c2ccc3c(c2)OCCO3)cc1Cl. The smallest absolute Gasteiger partial charge is 0.225 e. The maximum absolute atomic E-state index is 12.6. The molecular weight excluding hydrogens is 422 g/mol. The number of benzene rings is 2. The number of methoxy groups -OCH3 is 2. The molecular formula is C19H20ClNO7S. The molecule has 0 saturated carbocycles. The predicted molar refractivity (Wildman–Crippen MR) is 107 cm³/mol. The number of hydrogen-bond acceptors (Lipinski definition) is 7. The summed E-state index contributed by atoms with van der Waals surface area (Å²) in [5.74, 6) is 0.739. The fourth-order valence-electron chi connectivity index (χ4n) is 2.73. The normalized spacial score (nSPS) is 12.9. The van der Waals surface area contributed by atoms with Crippen molar-refractivity contribution >= 4 is 33.0 Å². The number of nitrogens with one attached hydrogen (secondary N) is 1. The molecule has 2 aromatic carbocycles. The summed E-state index contributed by atoms with van der Waals surface area (Å²) < 4.78 is 46.3. The van der Waals surface area contributed by atoms with E-state index in [1.807, 2.05) is 0 Å². The number of anilines is 1. The lowest BCUT2D eigenvalue weighted by Gasteiger charge is -2.18. The number of sulfone groups is 1. The van der Waals surface area contributed by atoms with Gasteiger partial charge >= 0.3 is 0 Å². The molecule has 156 valence electrons. The van der Waals surface area contributed by atoms with Crippen molar-refractivity contribution in [2.45, 2.75) is 11.3 Å². The van der Waals surface area contributed by atoms with E-state index in [4.69, 9.17) is 30.5 Å². The van der Waals surface area contributed by atoms with Crippen molar-refractivity contribution in [1.29, 1.82) is 0 Å². The molecule has 10 heteroatoms. The van der Waals surface area contributed by atoms with Crippen LogP contribution in [0.15, 0.2) is 35.2 Å². The quantitative estimate of drug-likeness (QED) is 0.705. The highest BCUT2D eigenvalue weighted by atomic mass is 35.5. The molecule has 0 bridgehead atoms. The largest absolute Gasteiger partial charge is 0.495 e. The Morgan fingerprint density at radius 3 is 2.45 bits per heavy atom. The zero-order valence-electron chi connectivity index (χ0n) is 15.9. The van der Waals surface area contributed by atoms with Crippen molar-refractivity contribution in [1.82, 2.24) is 0 Å². The topological polar surface area (TPSA) is 100 Å². The third-order valence-corrected chi connectivity index (χ3v) is 6.23. The summed E-state index contributed by atoms with van der Waals surface area (Å²) in [5.41, 5.74) is 0.319. The van der Waals surface area contributed by atoms with E-state index in [9.17, 15) is 13.2 Å². The molecule has 0 saturated heterocycles. The average Bonchev–Trinajstić information content (AvgIpc) is 2.72. The Bertz CT molecular complexity index is 1020. The van der Waals surface area contributed by atoms with Crippen LogP contribution < -0.4 is 24.3 Å². The Labute approximate surface area is 173 Å². The standard InChI is InChI=1S/C19H20ClNO7S/c1-25-16-11-17(26-2)14(10-13(16)20)21-19(22)5-8-29(23,24)12-3-4-15-18(9-12)28-7-6-27-15/h3-4,9-11H,5-8H2,1-2H3,(H,21,22). The molecule has 0 aliphatic carbocycles. The van der Waals surface area contributed by atoms with Crippen molar-refractivity contribution < 1.29 is 32.2 Å². The van der Waals surface area contributed by atoms with E-state index < -0.39 is 15.7 Å². The van der Waals surface area contributed by atoms with Gasteiger partial charge in [-0.25, -0.2) is 8.42 Å². The minimum absolute atomic E-state index is 0.0691. The van der Waals surface area contributed by atoms with E-state index in [0.29, 0.717) is 41.9 Å². The number of halogens is 1. The van der Waals surface area contributed by atoms with E-state index in [1.165, 1.54) is 38.5 Å². The van der Waals surface area contributed by atoms with Crippen LogP contribution >= 0.6 is 11.6 Å². The van der Waals surface area contributed by atoms with Gasteiger partial charge in [0.2, 0.25) is 5.91 Å². The number of hydrogen-bond donors (Lipinski definition) is 1. The first kappa shape index (κ1) is 21.1. The molecule has 29 heavy (non-hydrogen) atoms. The molecule has 0 fully saturated rings. The van der Waals surface area contributed by atoms with Gasteiger partial charge in [-0.2, -0.15) is 0 Å². The van der Waals surface area contributed by atoms with Gasteiger partial charge in [-0.1, -0.05) is 11.6 Å². The average molecular weight is 442 g/mol. The maximum atomic E-state index is 12.6. The second kappa shape index (κ2) is 8.79. The molecule has 0 aromatic heterocycles. The molecule has 3 rings (SSSR count). The lowest BCUT2D eigenvalue weighted by atomic mass is 10.2. The monoisotopic (exact) mass is 441 g/mol. The van der Waals surface area contributed by atoms with Crippen LogP contribution in [-0.2, 0) is 14.6 Å². The van der Waals surface area contributed by atoms with E-state index in [2.05, 4.69) is 5.32 Å². The summed E-state index contributed by atoms with van der Waals surface area (Å²) in [7, 11) is -0.794. The molecule has 0 unspecified atom stereocenters. The first-order valence-electron chi connectivity index (χ1n) is 8.68. The summed E-state index contributed by atoms with van der Waals surface area (Å²) in [5, 5.41) is 2.90. The first-order chi connectivity index (χ1) is 13.8. The number of rotatable bonds is 7. The molecule has 8 nitrogen and oxygen atoms in total. The highest BCUT2D eigenvalue weighted by Crippen LogP contribution is 2.36. The number of fused-ring (bicyclic) bond motifs is 1. The lowest BCUT2D eigenvalue weighted by molar-refractivity contribution is -0.115. The molecule has 1 aliphatic heterocycles. The lowest BCUT2D eigenvalue weighted by Crippen LogP contribution is -2.19. The zero-order valence-corrected chi connectivity index (χ0v) is 17.4. The molecule has 1 aliphatic rings. The van der Waals surface area contributed by atoms with Crippen LogP contribution in [0, 0.1) is 0 Å². The highest BCUT2D eigenvalue weighted by Gasteiger charge is 2.21. The third-order valence-electron chi connectivity index (χ3n) is 4.22. The molecule has 1 amide bonds. The summed E-state index contributed by atoms with van der Waals surface area (Å²) in [6.07, 6.45) is -0.246. The van der Waals surface area contributed by atoms with E-state index >= 15 is 0 Å². The number of amides is 1. The number of carbonyl (C=O) groups excluding carboxylic acids is 1. The van der Waals surface area contributed by atoms with E-state index in [-0.39, 0.29) is 22.1 Å². The third kappa shape index (κ3) is 4.86. The van der Waals surface area contributed by atoms with Crippen LogP contribution in [0.3, 0.4) is 0 Å². The van der Waals surface area contributed by atoms with E-state index in [1.54, 1.807) is 6.07 Å². The highest BCUT2D eigenvalue weighted by molar-refractivity contribution is 7.91. The van der Waals surface area contributed by atoms with Gasteiger partial charge in [-0.3, -0.25) is 4.79 Å². The summed E-state index contributed by atoms with van der Waals surface area (Å²) >= 11 is 6.08. The Morgan fingerprint density at radius 2 is 1.76 bits per heavy atom. The molecule has 1 N–H and O–H groups in total. The second-order valence-corrected chi connectivity index (χ2v) is 8.63. The molecule has 2 aromatic rings. The maximum Gasteiger partial charge on any atom is 0.225 e. The van der Waals surface area contributed by atoms with Gasteiger partial charge < -0.3 is 24.3 Å². The predicted octanol–water partition coefficient (Wildman–Crippen LogP) is 2.93. The van der Waals surface area contributed by atoms with Crippen molar-refractivity contribution in [2.24, 2.45) is 0 Å². The first-order valence-corrected chi connectivity index (χ1v) is 10.7. The Morgan fingerprint density at radius 1 is 1.07 bits per heavy atom. The number of carbonyl (C=O) groups is 1. The van der Waals surface area contributed by atoms with Crippen molar-refractivity contribution in [3.8, 4) is 23.0 Å². The van der Waals surface area contributed by atoms with Crippen LogP contribution in [0.1, 0.15) is 6.42 Å². The second-order valence-electron chi connectivity index (χ2n) is 6.11. The van der Waals surface area contributed by atoms with Gasteiger partial charge in [0.05, 0.1) is 35.6 Å². The van der Waals surface area contributed by atoms with Gasteiger partial charge in [0.15, 0.2) is 21.3 Å². The Hall–Kier alpha value is -2.65. The van der Waals surface area contributed by atoms with Gasteiger partial charge in [-0.05, 0) is 18.2 Å². The molecule has 0 atom stereocenters. The van der Waals surface area contributed by atoms with Gasteiger partial charge in [0.1, 0.15) is 24.7 Å². The number of ether oxygens (including phenoxy) is 4. The van der Waals surface area contributed by atoms with Crippen molar-refractivity contribution in [3.05, 3.63) is 35.4 Å². The van der Waals surface area contributed by atoms with Crippen LogP contribution in [0.5, 0.6) is 23.0 Å². The van der Waals surface area contributed by atoms with Crippen LogP contribution in [0.25, 0.3) is 0 Å². The Kier molecular flexibility index (Phi) is 6.39. The van der Waals surface area contributed by atoms with Crippen LogP contribution in [-0.4, -0.2) is 47.5 Å². The van der Waals surface area contributed by atoms with Crippen molar-refractivity contribution in [3.63, 3.8) is 0 Å². The fraction of sp³-hybridized carbons (Fsp3) is 0.316. The molecule has 0 spiro atoms. The summed E-state index contributed by atoms with van der Waals surface area (Å²) in [4.78, 5) is 12.4. The van der Waals surface area contributed by atoms with Gasteiger partial charge in [-0.15, -0.1) is 0 Å². The summed E-state index contributed by atoms with van der Waals surface area (Å²) in [6.45, 7) is 0.767. The van der Waals surface area contributed by atoms with Crippen LogP contribution in [0.2, 0.25) is 5.02 Å². The molecule has 1 heterocycles. The Balaban J connectivity index is 1.68. The van der Waals surface area contributed by atoms with Crippen molar-refractivity contribution in [2.75, 3.05) is 38.5 Å². The zero-order chi connectivity index (χ0) is 21.0. The van der Waals surface area contributed by atoms with Gasteiger partial charge in [0, 0.05) is 18.6 Å². The van der Waals surface area contributed by atoms with Gasteiger partial charge in [0.25, 0.3) is 0 Å². The minimum Gasteiger partial charge on any atom is -0.495 e. The van der Waals surface area contributed by atoms with Crippen LogP contribution in [0.4, 0.5) is 5.69 Å². The molecule has 0 radical (unpaired) electrons. The minimum atomic E-state index is -3.69.